The topological polar surface area (TPSA) is 64.7 Å². The molecule has 0 heterocycles. The van der Waals surface area contributed by atoms with E-state index in [0.717, 1.165) is 33.4 Å². The molecule has 0 saturated carbocycles. The minimum absolute atomic E-state index is 0.397. The summed E-state index contributed by atoms with van der Waals surface area (Å²) in [4.78, 5) is 4.66. The van der Waals surface area contributed by atoms with Crippen LogP contribution in [0.2, 0.25) is 0 Å². The van der Waals surface area contributed by atoms with Gasteiger partial charge in [-0.05, 0) is 65.4 Å². The highest BCUT2D eigenvalue weighted by atomic mass is 17.5. The predicted molar refractivity (Wildman–Crippen MR) is 121 cm³/mol. The van der Waals surface area contributed by atoms with Crippen LogP contribution in [0.3, 0.4) is 0 Å². The fourth-order valence-corrected chi connectivity index (χ4v) is 3.51. The molecule has 4 heteroatoms. The van der Waals surface area contributed by atoms with Crippen LogP contribution >= 0.6 is 0 Å². The minimum Gasteiger partial charge on any atom is -0.398 e. The average Bonchev–Trinajstić information content (AvgIpc) is 2.76. The summed E-state index contributed by atoms with van der Waals surface area (Å²) in [5, 5.41) is 12.2. The van der Waals surface area contributed by atoms with Crippen LogP contribution in [-0.4, -0.2) is 5.26 Å². The van der Waals surface area contributed by atoms with Crippen molar-refractivity contribution in [1.29, 1.82) is 0 Å². The highest BCUT2D eigenvalue weighted by Gasteiger charge is 2.13. The summed E-state index contributed by atoms with van der Waals surface area (Å²) in [6.07, 6.45) is 0. The van der Waals surface area contributed by atoms with Crippen molar-refractivity contribution >= 4 is 5.69 Å². The number of aryl methyl sites for hydroxylation is 2. The number of hydrogen-bond donors (Lipinski definition) is 2. The largest absolute Gasteiger partial charge is 0.398 e. The second-order valence-corrected chi connectivity index (χ2v) is 7.40. The molecule has 0 aliphatic rings. The zero-order valence-corrected chi connectivity index (χ0v) is 16.9. The van der Waals surface area contributed by atoms with Gasteiger partial charge in [0.2, 0.25) is 0 Å². The molecule has 0 saturated heterocycles. The molecule has 4 aromatic carbocycles. The Balaban J connectivity index is 1.89. The smallest absolute Gasteiger partial charge is 0.168 e. The van der Waals surface area contributed by atoms with Crippen LogP contribution in [0.1, 0.15) is 11.1 Å². The Morgan fingerprint density at radius 2 is 1.03 bits per heavy atom. The van der Waals surface area contributed by atoms with Gasteiger partial charge in [0, 0.05) is 16.8 Å². The summed E-state index contributed by atoms with van der Waals surface area (Å²) in [7, 11) is 0. The Kier molecular flexibility index (Phi) is 5.53. The van der Waals surface area contributed by atoms with Crippen molar-refractivity contribution in [1.82, 2.24) is 0 Å². The molecule has 0 aromatic heterocycles. The van der Waals surface area contributed by atoms with Crippen molar-refractivity contribution in [3.05, 3.63) is 96.1 Å². The first kappa shape index (κ1) is 19.7. The normalized spacial score (nSPS) is 10.8. The summed E-state index contributed by atoms with van der Waals surface area (Å²) >= 11 is 0. The van der Waals surface area contributed by atoms with Gasteiger partial charge >= 0.3 is 0 Å². The van der Waals surface area contributed by atoms with E-state index in [4.69, 9.17) is 11.0 Å². The van der Waals surface area contributed by atoms with Gasteiger partial charge in [0.15, 0.2) is 5.75 Å². The van der Waals surface area contributed by atoms with Gasteiger partial charge in [-0.1, -0.05) is 71.8 Å². The number of nitrogen functional groups attached to an aromatic ring is 1. The van der Waals surface area contributed by atoms with Gasteiger partial charge < -0.3 is 10.6 Å². The van der Waals surface area contributed by atoms with E-state index in [1.165, 1.54) is 11.1 Å². The van der Waals surface area contributed by atoms with Gasteiger partial charge in [-0.3, -0.25) is 0 Å². The van der Waals surface area contributed by atoms with Crippen molar-refractivity contribution in [2.45, 2.75) is 13.8 Å². The predicted octanol–water partition coefficient (Wildman–Crippen LogP) is 6.67. The lowest BCUT2D eigenvalue weighted by atomic mass is 9.91. The Morgan fingerprint density at radius 1 is 0.600 bits per heavy atom. The first-order valence-electron chi connectivity index (χ1n) is 9.71. The maximum absolute atomic E-state index is 8.47. The fraction of sp³-hybridized carbons (Fsp3) is 0.0769. The maximum Gasteiger partial charge on any atom is 0.168 e. The van der Waals surface area contributed by atoms with Gasteiger partial charge in [-0.25, -0.2) is 5.26 Å². The third-order valence-electron chi connectivity index (χ3n) is 5.23. The quantitative estimate of drug-likeness (QED) is 0.224. The van der Waals surface area contributed by atoms with E-state index in [2.05, 4.69) is 84.4 Å². The van der Waals surface area contributed by atoms with Crippen LogP contribution in [0.15, 0.2) is 84.9 Å². The molecule has 30 heavy (non-hydrogen) atoms. The van der Waals surface area contributed by atoms with Crippen LogP contribution in [0, 0.1) is 13.8 Å². The van der Waals surface area contributed by atoms with E-state index in [1.807, 2.05) is 12.1 Å². The van der Waals surface area contributed by atoms with Crippen molar-refractivity contribution in [2.24, 2.45) is 0 Å². The molecule has 0 fully saturated rings. The first-order valence-corrected chi connectivity index (χ1v) is 9.71. The minimum atomic E-state index is 0.397. The lowest BCUT2D eigenvalue weighted by Gasteiger charge is -2.16. The summed E-state index contributed by atoms with van der Waals surface area (Å²) in [6, 6.07) is 28.3. The van der Waals surface area contributed by atoms with Crippen molar-refractivity contribution in [3.63, 3.8) is 0 Å². The van der Waals surface area contributed by atoms with E-state index in [0.29, 0.717) is 11.4 Å². The average molecular weight is 397 g/mol. The second-order valence-electron chi connectivity index (χ2n) is 7.40. The van der Waals surface area contributed by atoms with Crippen LogP contribution in [0.25, 0.3) is 33.4 Å². The third kappa shape index (κ3) is 4.06. The summed E-state index contributed by atoms with van der Waals surface area (Å²) < 4.78 is 0. The van der Waals surface area contributed by atoms with Crippen molar-refractivity contribution in [3.8, 4) is 39.1 Å². The molecule has 3 N–H and O–H groups in total. The van der Waals surface area contributed by atoms with Crippen LogP contribution in [-0.2, 0) is 5.04 Å². The summed E-state index contributed by atoms with van der Waals surface area (Å²) in [5.74, 6) is 0.397. The molecule has 0 aliphatic carbocycles. The highest BCUT2D eigenvalue weighted by Crippen LogP contribution is 2.39. The van der Waals surface area contributed by atoms with Gasteiger partial charge in [0.25, 0.3) is 0 Å². The molecular weight excluding hydrogens is 374 g/mol. The molecule has 0 radical (unpaired) electrons. The number of rotatable bonds is 5. The number of hydrogen-bond acceptors (Lipinski definition) is 4. The van der Waals surface area contributed by atoms with E-state index >= 15 is 0 Å². The molecule has 4 aromatic rings. The zero-order valence-electron chi connectivity index (χ0n) is 16.9. The SMILES string of the molecule is Cc1ccc(-c2cc(-c3ccc(C)cc3)c(N)c(-c3ccc(OOO)cc3)c2)cc1. The van der Waals surface area contributed by atoms with Crippen molar-refractivity contribution in [2.75, 3.05) is 5.73 Å². The third-order valence-corrected chi connectivity index (χ3v) is 5.23. The van der Waals surface area contributed by atoms with E-state index < -0.39 is 0 Å². The Morgan fingerprint density at radius 3 is 1.50 bits per heavy atom. The molecule has 0 unspecified atom stereocenters. The van der Waals surface area contributed by atoms with Crippen molar-refractivity contribution < 1.29 is 15.2 Å². The van der Waals surface area contributed by atoms with Gasteiger partial charge in [0.1, 0.15) is 0 Å². The zero-order chi connectivity index (χ0) is 21.1. The van der Waals surface area contributed by atoms with Crippen LogP contribution in [0.5, 0.6) is 5.75 Å². The van der Waals surface area contributed by atoms with Gasteiger partial charge in [-0.2, -0.15) is 0 Å². The Labute approximate surface area is 176 Å². The molecule has 0 spiro atoms. The maximum atomic E-state index is 8.47. The van der Waals surface area contributed by atoms with E-state index in [-0.39, 0.29) is 0 Å². The lowest BCUT2D eigenvalue weighted by molar-refractivity contribution is -0.438. The Bertz CT molecular complexity index is 1150. The number of benzene rings is 4. The molecule has 0 bridgehead atoms. The summed E-state index contributed by atoms with van der Waals surface area (Å²) in [5.41, 5.74) is 15.9. The van der Waals surface area contributed by atoms with Crippen LogP contribution in [0.4, 0.5) is 5.69 Å². The fourth-order valence-electron chi connectivity index (χ4n) is 3.51. The first-order chi connectivity index (χ1) is 14.5. The monoisotopic (exact) mass is 397 g/mol. The van der Waals surface area contributed by atoms with E-state index in [9.17, 15) is 0 Å². The summed E-state index contributed by atoms with van der Waals surface area (Å²) in [6.45, 7) is 4.15. The molecule has 4 nitrogen and oxygen atoms in total. The van der Waals surface area contributed by atoms with Gasteiger partial charge in [0.05, 0.1) is 0 Å². The lowest BCUT2D eigenvalue weighted by Crippen LogP contribution is -1.97. The molecule has 0 atom stereocenters. The molecule has 150 valence electrons. The number of anilines is 1. The number of nitrogens with two attached hydrogens (primary N) is 1. The highest BCUT2D eigenvalue weighted by molar-refractivity contribution is 5.93. The molecule has 0 amide bonds. The van der Waals surface area contributed by atoms with Crippen LogP contribution < -0.4 is 10.6 Å². The molecular formula is C26H23NO3. The standard InChI is InChI=1S/C26H23NO3/c1-17-3-7-19(8-4-17)22-15-24(20-9-5-18(2)6-10-20)26(27)25(16-22)21-11-13-23(14-12-21)29-30-28/h3-16,28H,27H2,1-2H3. The second kappa shape index (κ2) is 8.41. The molecule has 0 aliphatic heterocycles. The van der Waals surface area contributed by atoms with Gasteiger partial charge in [-0.15, -0.1) is 0 Å². The molecule has 4 rings (SSSR count). The van der Waals surface area contributed by atoms with E-state index in [1.54, 1.807) is 12.1 Å². The Hall–Kier alpha value is -3.60.